The molecule has 0 aromatic carbocycles. The van der Waals surface area contributed by atoms with Gasteiger partial charge in [0.1, 0.15) is 0 Å². The summed E-state index contributed by atoms with van der Waals surface area (Å²) in [6.07, 6.45) is -1.17. The summed E-state index contributed by atoms with van der Waals surface area (Å²) in [7, 11) is 0. The van der Waals surface area contributed by atoms with Gasteiger partial charge in [-0.25, -0.2) is 14.4 Å². The van der Waals surface area contributed by atoms with Crippen molar-refractivity contribution in [3.63, 3.8) is 0 Å². The second kappa shape index (κ2) is 13.7. The van der Waals surface area contributed by atoms with Crippen LogP contribution in [0.2, 0.25) is 0 Å². The summed E-state index contributed by atoms with van der Waals surface area (Å²) in [4.78, 5) is 49.6. The number of carbonyl (C=O) groups is 5. The first-order valence-corrected chi connectivity index (χ1v) is 4.94. The summed E-state index contributed by atoms with van der Waals surface area (Å²) < 4.78 is 0. The van der Waals surface area contributed by atoms with Crippen molar-refractivity contribution >= 4 is 29.8 Å². The molecule has 0 aliphatic rings. The minimum atomic E-state index is -2.74. The molecule has 13 heteroatoms. The first kappa shape index (κ1) is 29.1. The van der Waals surface area contributed by atoms with E-state index in [1.807, 2.05) is 0 Å². The van der Waals surface area contributed by atoms with Gasteiger partial charge >= 0.3 is 29.8 Å². The van der Waals surface area contributed by atoms with Crippen LogP contribution in [0.5, 0.6) is 0 Å². The largest absolute Gasteiger partial charge is 0.481 e. The zero-order chi connectivity index (χ0) is 17.2. The smallest absolute Gasteiger partial charge is 0.336 e. The van der Waals surface area contributed by atoms with E-state index in [4.69, 9.17) is 30.6 Å². The molecule has 0 radical (unpaired) electrons. The number of aliphatic hydroxyl groups is 1. The third-order valence-electron chi connectivity index (χ3n) is 1.65. The third-order valence-corrected chi connectivity index (χ3v) is 1.65. The van der Waals surface area contributed by atoms with E-state index in [-0.39, 0.29) is 34.1 Å². The third kappa shape index (κ3) is 18.0. The fourth-order valence-corrected chi connectivity index (χ4v) is 0.857. The van der Waals surface area contributed by atoms with Crippen molar-refractivity contribution < 1.29 is 88.7 Å². The normalized spacial score (nSPS) is 9.43. The van der Waals surface area contributed by atoms with Crippen molar-refractivity contribution in [3.05, 3.63) is 12.2 Å². The summed E-state index contributed by atoms with van der Waals surface area (Å²) in [6.45, 7) is 0. The summed E-state index contributed by atoms with van der Waals surface area (Å²) >= 11 is 0. The minimum Gasteiger partial charge on any atom is -0.481 e. The Balaban J connectivity index is -0.000000158. The molecule has 0 spiro atoms. The molecule has 0 aliphatic heterocycles. The summed E-state index contributed by atoms with van der Waals surface area (Å²) in [5.41, 5.74) is -2.74. The van der Waals surface area contributed by atoms with Gasteiger partial charge in [0.15, 0.2) is 5.60 Å². The molecular weight excluding hydrogens is 408 g/mol. The minimum absolute atomic E-state index is 0. The Hall–Kier alpha value is -1.91. The van der Waals surface area contributed by atoms with Gasteiger partial charge in [-0.1, -0.05) is 0 Å². The molecule has 0 fully saturated rings. The van der Waals surface area contributed by atoms with Crippen molar-refractivity contribution in [2.24, 2.45) is 0 Å². The van der Waals surface area contributed by atoms with Crippen LogP contribution in [0.15, 0.2) is 12.2 Å². The van der Waals surface area contributed by atoms with Crippen molar-refractivity contribution in [1.29, 1.82) is 0 Å². The molecule has 0 rings (SSSR count). The fraction of sp³-hybridized carbons (Fsp3) is 0.300. The predicted octanol–water partition coefficient (Wildman–Crippen LogP) is -1.54. The molecule has 0 unspecified atom stereocenters. The maximum absolute atomic E-state index is 10.3. The van der Waals surface area contributed by atoms with Gasteiger partial charge in [-0.2, -0.15) is 0 Å². The molecule has 0 aliphatic carbocycles. The topological polar surface area (TPSA) is 207 Å². The molecule has 0 saturated carbocycles. The van der Waals surface area contributed by atoms with Crippen LogP contribution >= 0.6 is 0 Å². The molecule has 0 bridgehead atoms. The molecule has 0 heterocycles. The number of hydrogen-bond donors (Lipinski definition) is 6. The van der Waals surface area contributed by atoms with E-state index < -0.39 is 48.3 Å². The molecule has 6 N–H and O–H groups in total. The maximum atomic E-state index is 10.3. The first-order chi connectivity index (χ1) is 9.40. The second-order valence-electron chi connectivity index (χ2n) is 3.49. The molecule has 23 heavy (non-hydrogen) atoms. The Kier molecular flexibility index (Phi) is 17.4. The van der Waals surface area contributed by atoms with Crippen LogP contribution in [0.25, 0.3) is 0 Å². The van der Waals surface area contributed by atoms with Gasteiger partial charge in [-0.15, -0.1) is 0 Å². The van der Waals surface area contributed by atoms with Crippen molar-refractivity contribution in [3.8, 4) is 0 Å². The van der Waals surface area contributed by atoms with E-state index in [2.05, 4.69) is 0 Å². The Labute approximate surface area is 149 Å². The van der Waals surface area contributed by atoms with Crippen LogP contribution in [0.4, 0.5) is 0 Å². The van der Waals surface area contributed by atoms with E-state index in [1.54, 1.807) is 0 Å². The summed E-state index contributed by atoms with van der Waals surface area (Å²) in [6, 6.07) is 0. The van der Waals surface area contributed by atoms with E-state index in [0.717, 1.165) is 0 Å². The molecule has 11 nitrogen and oxygen atoms in total. The monoisotopic (exact) mass is 420 g/mol. The van der Waals surface area contributed by atoms with E-state index in [1.165, 1.54) is 0 Å². The maximum Gasteiger partial charge on any atom is 0.336 e. The second-order valence-corrected chi connectivity index (χ2v) is 3.49. The SMILES string of the molecule is O=C(O)/C=C/C(=O)O.O=C(O)CC(O)(CC(=O)O)C(=O)O.[Fe].[Fe]. The van der Waals surface area contributed by atoms with E-state index in [9.17, 15) is 24.0 Å². The quantitative estimate of drug-likeness (QED) is 0.206. The predicted molar refractivity (Wildman–Crippen MR) is 61.5 cm³/mol. The van der Waals surface area contributed by atoms with Gasteiger partial charge < -0.3 is 30.6 Å². The fourth-order valence-electron chi connectivity index (χ4n) is 0.857. The van der Waals surface area contributed by atoms with Gasteiger partial charge in [0.25, 0.3) is 0 Å². The van der Waals surface area contributed by atoms with Gasteiger partial charge in [-0.3, -0.25) is 9.59 Å². The van der Waals surface area contributed by atoms with Crippen LogP contribution in [-0.2, 0) is 58.1 Å². The van der Waals surface area contributed by atoms with Crippen LogP contribution in [0, 0.1) is 0 Å². The number of carboxylic acids is 5. The van der Waals surface area contributed by atoms with Crippen molar-refractivity contribution in [1.82, 2.24) is 0 Å². The molecule has 0 aromatic rings. The molecule has 0 amide bonds. The number of aliphatic carboxylic acids is 5. The first-order valence-electron chi connectivity index (χ1n) is 4.94. The Morgan fingerprint density at radius 1 is 0.696 bits per heavy atom. The zero-order valence-corrected chi connectivity index (χ0v) is 13.2. The van der Waals surface area contributed by atoms with Gasteiger partial charge in [0.2, 0.25) is 0 Å². The van der Waals surface area contributed by atoms with Crippen molar-refractivity contribution in [2.75, 3.05) is 0 Å². The van der Waals surface area contributed by atoms with E-state index in [0.29, 0.717) is 12.2 Å². The van der Waals surface area contributed by atoms with Gasteiger partial charge in [-0.05, 0) is 0 Å². The van der Waals surface area contributed by atoms with Crippen LogP contribution in [-0.4, -0.2) is 66.1 Å². The summed E-state index contributed by atoms with van der Waals surface area (Å²) in [5.74, 6) is -7.53. The molecule has 0 aromatic heterocycles. The molecule has 0 atom stereocenters. The average Bonchev–Trinajstić information content (AvgIpc) is 2.24. The zero-order valence-electron chi connectivity index (χ0n) is 11.0. The average molecular weight is 420 g/mol. The van der Waals surface area contributed by atoms with Crippen LogP contribution in [0.1, 0.15) is 12.8 Å². The number of hydrogen-bond acceptors (Lipinski definition) is 6. The van der Waals surface area contributed by atoms with E-state index >= 15 is 0 Å². The Bertz CT molecular complexity index is 439. The van der Waals surface area contributed by atoms with Crippen molar-refractivity contribution in [2.45, 2.75) is 18.4 Å². The van der Waals surface area contributed by atoms with Crippen LogP contribution in [0.3, 0.4) is 0 Å². The molecule has 0 saturated heterocycles. The van der Waals surface area contributed by atoms with Gasteiger partial charge in [0.05, 0.1) is 12.8 Å². The molecule has 134 valence electrons. The van der Waals surface area contributed by atoms with Crippen LogP contribution < -0.4 is 0 Å². The Morgan fingerprint density at radius 3 is 1.09 bits per heavy atom. The number of carboxylic acid groups (broad SMARTS) is 5. The summed E-state index contributed by atoms with van der Waals surface area (Å²) in [5, 5.41) is 49.4. The molecular formula is C10H12Fe2O11. The standard InChI is InChI=1S/C6H8O7.C4H4O4.2Fe/c7-3(8)1-6(13,5(11)12)2-4(9)10;5-3(6)1-2-4(7)8;;/h13H,1-2H2,(H,7,8)(H,9,10)(H,11,12);1-2H,(H,5,6)(H,7,8);;/b;2-1+;;. The Morgan fingerprint density at radius 2 is 0.957 bits per heavy atom. The number of rotatable bonds is 7. The van der Waals surface area contributed by atoms with Gasteiger partial charge in [0, 0.05) is 46.3 Å².